The Morgan fingerprint density at radius 2 is 1.86 bits per heavy atom. The topological polar surface area (TPSA) is 37.4 Å². The number of aldehydes is 2. The van der Waals surface area contributed by atoms with Gasteiger partial charge in [-0.3, -0.25) is 9.59 Å². The summed E-state index contributed by atoms with van der Waals surface area (Å²) < 4.78 is 0. The monoisotopic (exact) mass is 191 g/mol. The number of rotatable bonds is 3. The zero-order valence-electron chi connectivity index (χ0n) is 8.57. The first-order valence-corrected chi connectivity index (χ1v) is 4.32. The van der Waals surface area contributed by atoms with Gasteiger partial charge in [-0.2, -0.15) is 0 Å². The largest absolute Gasteiger partial charge is 0.383 e. The Kier molecular flexibility index (Phi) is 3.02. The molecule has 74 valence electrons. The third-order valence-corrected chi connectivity index (χ3v) is 2.10. The molecule has 0 amide bonds. The summed E-state index contributed by atoms with van der Waals surface area (Å²) in [6.45, 7) is 1.84. The van der Waals surface area contributed by atoms with Crippen LogP contribution >= 0.6 is 0 Å². The molecule has 1 aliphatic rings. The number of carbonyl (C=O) groups excluding carboxylic acids is 2. The third-order valence-electron chi connectivity index (χ3n) is 2.10. The molecule has 0 unspecified atom stereocenters. The molecule has 0 aromatic heterocycles. The Bertz CT molecular complexity index is 359. The van der Waals surface area contributed by atoms with Crippen molar-refractivity contribution < 1.29 is 9.59 Å². The maximum atomic E-state index is 10.7. The van der Waals surface area contributed by atoms with Gasteiger partial charge in [-0.25, -0.2) is 0 Å². The minimum atomic E-state index is 0.464. The van der Waals surface area contributed by atoms with Gasteiger partial charge in [0.15, 0.2) is 12.6 Å². The average Bonchev–Trinajstić information content (AvgIpc) is 2.42. The highest BCUT2D eigenvalue weighted by atomic mass is 16.1. The van der Waals surface area contributed by atoms with Gasteiger partial charge in [-0.1, -0.05) is 0 Å². The second-order valence-electron chi connectivity index (χ2n) is 3.42. The predicted molar refractivity (Wildman–Crippen MR) is 54.7 cm³/mol. The molecule has 0 fully saturated rings. The quantitative estimate of drug-likeness (QED) is 0.626. The van der Waals surface area contributed by atoms with E-state index in [4.69, 9.17) is 0 Å². The molecule has 0 saturated carbocycles. The van der Waals surface area contributed by atoms with Crippen molar-refractivity contribution in [3.63, 3.8) is 0 Å². The number of hydrogen-bond donors (Lipinski definition) is 0. The molecule has 0 bridgehead atoms. The lowest BCUT2D eigenvalue weighted by molar-refractivity contribution is -0.107. The van der Waals surface area contributed by atoms with E-state index in [-0.39, 0.29) is 0 Å². The summed E-state index contributed by atoms with van der Waals surface area (Å²) in [5.41, 5.74) is 2.73. The van der Waals surface area contributed by atoms with Crippen LogP contribution in [0.4, 0.5) is 0 Å². The van der Waals surface area contributed by atoms with Gasteiger partial charge in [0, 0.05) is 31.4 Å². The zero-order chi connectivity index (χ0) is 10.7. The van der Waals surface area contributed by atoms with Gasteiger partial charge in [0.25, 0.3) is 0 Å². The lowest BCUT2D eigenvalue weighted by Gasteiger charge is -2.06. The average molecular weight is 191 g/mol. The molecule has 3 heteroatoms. The first kappa shape index (κ1) is 10.4. The summed E-state index contributed by atoms with van der Waals surface area (Å²) >= 11 is 0. The molecule has 0 N–H and O–H groups in total. The van der Waals surface area contributed by atoms with Crippen molar-refractivity contribution in [3.05, 3.63) is 34.6 Å². The Labute approximate surface area is 83.4 Å². The van der Waals surface area contributed by atoms with Crippen molar-refractivity contribution in [3.8, 4) is 0 Å². The molecule has 0 heterocycles. The van der Waals surface area contributed by atoms with Crippen LogP contribution < -0.4 is 0 Å². The van der Waals surface area contributed by atoms with Gasteiger partial charge in [-0.05, 0) is 24.1 Å². The maximum Gasteiger partial charge on any atom is 0.151 e. The van der Waals surface area contributed by atoms with Gasteiger partial charge in [0.05, 0.1) is 0 Å². The highest BCUT2D eigenvalue weighted by Gasteiger charge is 2.17. The van der Waals surface area contributed by atoms with Crippen molar-refractivity contribution in [1.29, 1.82) is 0 Å². The predicted octanol–water partition coefficient (Wildman–Crippen LogP) is 1.09. The molecular weight excluding hydrogens is 178 g/mol. The maximum absolute atomic E-state index is 10.7. The normalized spacial score (nSPS) is 18.5. The van der Waals surface area contributed by atoms with Crippen LogP contribution in [0.2, 0.25) is 0 Å². The van der Waals surface area contributed by atoms with Crippen LogP contribution in [0, 0.1) is 0 Å². The first-order chi connectivity index (χ1) is 6.60. The van der Waals surface area contributed by atoms with E-state index in [9.17, 15) is 9.59 Å². The number of hydrogen-bond acceptors (Lipinski definition) is 3. The number of carbonyl (C=O) groups is 2. The second kappa shape index (κ2) is 4.05. The molecule has 1 aliphatic carbocycles. The van der Waals surface area contributed by atoms with E-state index in [0.29, 0.717) is 17.4 Å². The summed E-state index contributed by atoms with van der Waals surface area (Å²) in [7, 11) is 3.79. The third kappa shape index (κ3) is 1.82. The molecule has 0 aromatic rings. The number of allylic oxidation sites excluding steroid dienone is 5. The van der Waals surface area contributed by atoms with E-state index < -0.39 is 0 Å². The van der Waals surface area contributed by atoms with Crippen LogP contribution in [-0.2, 0) is 9.59 Å². The van der Waals surface area contributed by atoms with Crippen molar-refractivity contribution in [2.24, 2.45) is 0 Å². The van der Waals surface area contributed by atoms with Crippen LogP contribution in [0.1, 0.15) is 6.92 Å². The fraction of sp³-hybridized carbons (Fsp3) is 0.273. The fourth-order valence-corrected chi connectivity index (χ4v) is 1.39. The molecule has 0 aliphatic heterocycles. The van der Waals surface area contributed by atoms with Crippen molar-refractivity contribution >= 4 is 12.6 Å². The molecule has 1 rings (SSSR count). The molecule has 0 saturated heterocycles. The van der Waals surface area contributed by atoms with Gasteiger partial charge in [0.2, 0.25) is 0 Å². The second-order valence-corrected chi connectivity index (χ2v) is 3.42. The lowest BCUT2D eigenvalue weighted by atomic mass is 10.1. The van der Waals surface area contributed by atoms with Crippen LogP contribution in [0.3, 0.4) is 0 Å². The Hall–Kier alpha value is -1.64. The smallest absolute Gasteiger partial charge is 0.151 e. The minimum absolute atomic E-state index is 0.464. The van der Waals surface area contributed by atoms with Gasteiger partial charge >= 0.3 is 0 Å². The molecule has 0 atom stereocenters. The fourth-order valence-electron chi connectivity index (χ4n) is 1.39. The minimum Gasteiger partial charge on any atom is -0.383 e. The van der Waals surface area contributed by atoms with Gasteiger partial charge in [0.1, 0.15) is 0 Å². The summed E-state index contributed by atoms with van der Waals surface area (Å²) in [6, 6.07) is 0. The van der Waals surface area contributed by atoms with Crippen molar-refractivity contribution in [2.45, 2.75) is 6.92 Å². The summed E-state index contributed by atoms with van der Waals surface area (Å²) in [5.74, 6) is 0. The van der Waals surface area contributed by atoms with Crippen LogP contribution in [0.25, 0.3) is 0 Å². The van der Waals surface area contributed by atoms with Crippen molar-refractivity contribution in [1.82, 2.24) is 4.90 Å². The zero-order valence-corrected chi connectivity index (χ0v) is 8.57. The van der Waals surface area contributed by atoms with E-state index >= 15 is 0 Å². The standard InChI is InChI=1S/C11H13NO2/c1-8-9(5-12(2)3)4-10(6-13)11(8)7-14/h4-7H,1-3H3/b9-5-. The van der Waals surface area contributed by atoms with E-state index in [1.54, 1.807) is 6.08 Å². The van der Waals surface area contributed by atoms with Crippen LogP contribution in [0.5, 0.6) is 0 Å². The summed E-state index contributed by atoms with van der Waals surface area (Å²) in [4.78, 5) is 23.3. The summed E-state index contributed by atoms with van der Waals surface area (Å²) in [6.07, 6.45) is 5.05. The molecule has 0 aromatic carbocycles. The lowest BCUT2D eigenvalue weighted by Crippen LogP contribution is -2.02. The summed E-state index contributed by atoms with van der Waals surface area (Å²) in [5, 5.41) is 0. The van der Waals surface area contributed by atoms with Gasteiger partial charge in [-0.15, -0.1) is 0 Å². The highest BCUT2D eigenvalue weighted by molar-refractivity contribution is 5.99. The molecule has 14 heavy (non-hydrogen) atoms. The Balaban J connectivity index is 3.18. The van der Waals surface area contributed by atoms with E-state index in [1.165, 1.54) is 0 Å². The molecule has 0 radical (unpaired) electrons. The number of nitrogens with zero attached hydrogens (tertiary/aromatic N) is 1. The van der Waals surface area contributed by atoms with E-state index in [2.05, 4.69) is 0 Å². The molecular formula is C11H13NO2. The van der Waals surface area contributed by atoms with Crippen LogP contribution in [-0.4, -0.2) is 31.6 Å². The molecule has 0 spiro atoms. The van der Waals surface area contributed by atoms with E-state index in [1.807, 2.05) is 32.1 Å². The van der Waals surface area contributed by atoms with Gasteiger partial charge < -0.3 is 4.90 Å². The van der Waals surface area contributed by atoms with E-state index in [0.717, 1.165) is 17.4 Å². The Morgan fingerprint density at radius 1 is 1.21 bits per heavy atom. The SMILES string of the molecule is CC1=C(C=O)C(C=O)=C/C1=C/N(C)C. The first-order valence-electron chi connectivity index (χ1n) is 4.32. The highest BCUT2D eigenvalue weighted by Crippen LogP contribution is 2.27. The van der Waals surface area contributed by atoms with Crippen molar-refractivity contribution in [2.75, 3.05) is 14.1 Å². The van der Waals surface area contributed by atoms with Crippen LogP contribution in [0.15, 0.2) is 34.6 Å². The Morgan fingerprint density at radius 3 is 2.21 bits per heavy atom. The molecule has 3 nitrogen and oxygen atoms in total.